The van der Waals surface area contributed by atoms with Crippen molar-refractivity contribution in [2.75, 3.05) is 32.9 Å². The molecule has 1 aliphatic rings. The maximum Gasteiger partial charge on any atom is 0.102 e. The van der Waals surface area contributed by atoms with E-state index in [9.17, 15) is 4.39 Å². The summed E-state index contributed by atoms with van der Waals surface area (Å²) in [4.78, 5) is 4.74. The Kier molecular flexibility index (Phi) is 5.14. The minimum Gasteiger partial charge on any atom is -0.297 e. The molecular weight excluding hydrogens is 227 g/mol. The first-order chi connectivity index (χ1) is 8.83. The van der Waals surface area contributed by atoms with Crippen LogP contribution in [0, 0.1) is 0 Å². The van der Waals surface area contributed by atoms with Crippen molar-refractivity contribution >= 4 is 0 Å². The maximum absolute atomic E-state index is 12.5. The molecule has 1 aliphatic heterocycles. The van der Waals surface area contributed by atoms with E-state index >= 15 is 0 Å². The molecule has 2 rings (SSSR count). The van der Waals surface area contributed by atoms with Gasteiger partial charge >= 0.3 is 0 Å². The van der Waals surface area contributed by atoms with Crippen molar-refractivity contribution in [1.82, 2.24) is 9.80 Å². The van der Waals surface area contributed by atoms with Gasteiger partial charge in [0.05, 0.1) is 0 Å². The monoisotopic (exact) mass is 250 g/mol. The summed E-state index contributed by atoms with van der Waals surface area (Å²) >= 11 is 0. The summed E-state index contributed by atoms with van der Waals surface area (Å²) < 4.78 is 12.5. The van der Waals surface area contributed by atoms with Crippen LogP contribution in [0.15, 0.2) is 30.3 Å². The number of hydrogen-bond donors (Lipinski definition) is 0. The average Bonchev–Trinajstić information content (AvgIpc) is 2.85. The van der Waals surface area contributed by atoms with Gasteiger partial charge in [0.25, 0.3) is 0 Å². The van der Waals surface area contributed by atoms with Crippen LogP contribution in [0.1, 0.15) is 18.9 Å². The minimum atomic E-state index is -0.233. The standard InChI is InChI=1S/C15H23FN2/c1-2-18(11-9-16)15-8-10-17(13-15)12-14-6-4-3-5-7-14/h3-7,15H,2,8-13H2,1H3/t15-/m1/s1. The molecule has 0 saturated carbocycles. The molecule has 1 heterocycles. The first-order valence-corrected chi connectivity index (χ1v) is 6.89. The molecule has 1 aromatic carbocycles. The van der Waals surface area contributed by atoms with Crippen LogP contribution in [0.4, 0.5) is 4.39 Å². The molecule has 0 unspecified atom stereocenters. The molecule has 1 atom stereocenters. The van der Waals surface area contributed by atoms with Gasteiger partial charge < -0.3 is 0 Å². The summed E-state index contributed by atoms with van der Waals surface area (Å²) in [6, 6.07) is 11.1. The molecule has 0 aromatic heterocycles. The first-order valence-electron chi connectivity index (χ1n) is 6.89. The Hall–Kier alpha value is -0.930. The molecule has 1 fully saturated rings. The van der Waals surface area contributed by atoms with E-state index < -0.39 is 0 Å². The lowest BCUT2D eigenvalue weighted by atomic mass is 10.2. The molecule has 0 radical (unpaired) electrons. The van der Waals surface area contributed by atoms with Gasteiger partial charge in [0.2, 0.25) is 0 Å². The van der Waals surface area contributed by atoms with Crippen molar-refractivity contribution in [3.8, 4) is 0 Å². The fourth-order valence-electron chi connectivity index (χ4n) is 2.80. The third-order valence-corrected chi connectivity index (χ3v) is 3.79. The quantitative estimate of drug-likeness (QED) is 0.765. The summed E-state index contributed by atoms with van der Waals surface area (Å²) in [5.74, 6) is 0. The normalized spacial score (nSPS) is 20.7. The number of hydrogen-bond acceptors (Lipinski definition) is 2. The topological polar surface area (TPSA) is 6.48 Å². The second-order valence-electron chi connectivity index (χ2n) is 4.98. The third-order valence-electron chi connectivity index (χ3n) is 3.79. The van der Waals surface area contributed by atoms with Gasteiger partial charge in [-0.2, -0.15) is 0 Å². The fourth-order valence-corrected chi connectivity index (χ4v) is 2.80. The molecule has 1 aromatic rings. The van der Waals surface area contributed by atoms with Crippen molar-refractivity contribution in [3.63, 3.8) is 0 Å². The summed E-state index contributed by atoms with van der Waals surface area (Å²) in [5, 5.41) is 0. The number of likely N-dealkylation sites (tertiary alicyclic amines) is 1. The smallest absolute Gasteiger partial charge is 0.102 e. The zero-order valence-corrected chi connectivity index (χ0v) is 11.2. The molecule has 0 N–H and O–H groups in total. The second-order valence-corrected chi connectivity index (χ2v) is 4.98. The van der Waals surface area contributed by atoms with E-state index in [1.165, 1.54) is 12.0 Å². The Morgan fingerprint density at radius 1 is 1.33 bits per heavy atom. The van der Waals surface area contributed by atoms with E-state index in [2.05, 4.69) is 47.1 Å². The Bertz CT molecular complexity index is 342. The third kappa shape index (κ3) is 3.53. The number of nitrogens with zero attached hydrogens (tertiary/aromatic N) is 2. The lowest BCUT2D eigenvalue weighted by Gasteiger charge is -2.26. The van der Waals surface area contributed by atoms with Gasteiger partial charge in [-0.3, -0.25) is 9.80 Å². The van der Waals surface area contributed by atoms with Gasteiger partial charge in [0.1, 0.15) is 6.67 Å². The summed E-state index contributed by atoms with van der Waals surface area (Å²) in [5.41, 5.74) is 1.37. The van der Waals surface area contributed by atoms with E-state index in [0.29, 0.717) is 12.6 Å². The van der Waals surface area contributed by atoms with Crippen LogP contribution in [0.2, 0.25) is 0 Å². The van der Waals surface area contributed by atoms with Gasteiger partial charge in [0.15, 0.2) is 0 Å². The predicted molar refractivity (Wildman–Crippen MR) is 73.3 cm³/mol. The molecular formula is C15H23FN2. The Morgan fingerprint density at radius 2 is 2.11 bits per heavy atom. The van der Waals surface area contributed by atoms with E-state index in [-0.39, 0.29) is 6.67 Å². The average molecular weight is 250 g/mol. The highest BCUT2D eigenvalue weighted by Crippen LogP contribution is 2.17. The second kappa shape index (κ2) is 6.86. The highest BCUT2D eigenvalue weighted by Gasteiger charge is 2.26. The van der Waals surface area contributed by atoms with Crippen LogP contribution < -0.4 is 0 Å². The zero-order chi connectivity index (χ0) is 12.8. The Morgan fingerprint density at radius 3 is 2.78 bits per heavy atom. The maximum atomic E-state index is 12.5. The van der Waals surface area contributed by atoms with Crippen molar-refractivity contribution < 1.29 is 4.39 Å². The van der Waals surface area contributed by atoms with Crippen molar-refractivity contribution in [2.45, 2.75) is 25.9 Å². The molecule has 1 saturated heterocycles. The van der Waals surface area contributed by atoms with Crippen molar-refractivity contribution in [1.29, 1.82) is 0 Å². The summed E-state index contributed by atoms with van der Waals surface area (Å²) in [7, 11) is 0. The molecule has 0 spiro atoms. The van der Waals surface area contributed by atoms with Crippen LogP contribution in [0.25, 0.3) is 0 Å². The molecule has 0 bridgehead atoms. The van der Waals surface area contributed by atoms with E-state index in [1.54, 1.807) is 0 Å². The number of benzene rings is 1. The van der Waals surface area contributed by atoms with E-state index in [4.69, 9.17) is 0 Å². The Labute approximate surface area is 109 Å². The van der Waals surface area contributed by atoms with Gasteiger partial charge in [0, 0.05) is 32.2 Å². The highest BCUT2D eigenvalue weighted by molar-refractivity contribution is 5.14. The SMILES string of the molecule is CCN(CCF)[C@@H]1CCN(Cc2ccccc2)C1. The van der Waals surface area contributed by atoms with Gasteiger partial charge in [-0.25, -0.2) is 4.39 Å². The van der Waals surface area contributed by atoms with Crippen LogP contribution in [-0.4, -0.2) is 48.7 Å². The highest BCUT2D eigenvalue weighted by atomic mass is 19.1. The predicted octanol–water partition coefficient (Wildman–Crippen LogP) is 2.55. The van der Waals surface area contributed by atoms with Gasteiger partial charge in [-0.15, -0.1) is 0 Å². The number of alkyl halides is 1. The molecule has 18 heavy (non-hydrogen) atoms. The lowest BCUT2D eigenvalue weighted by Crippen LogP contribution is -2.38. The molecule has 3 heteroatoms. The van der Waals surface area contributed by atoms with Crippen LogP contribution in [0.5, 0.6) is 0 Å². The number of likely N-dealkylation sites (N-methyl/N-ethyl adjacent to an activating group) is 1. The van der Waals surface area contributed by atoms with E-state index in [0.717, 1.165) is 26.2 Å². The van der Waals surface area contributed by atoms with Crippen LogP contribution >= 0.6 is 0 Å². The summed E-state index contributed by atoms with van der Waals surface area (Å²) in [6.45, 7) is 6.64. The molecule has 2 nitrogen and oxygen atoms in total. The van der Waals surface area contributed by atoms with Gasteiger partial charge in [-0.1, -0.05) is 37.3 Å². The number of halogens is 1. The van der Waals surface area contributed by atoms with Crippen molar-refractivity contribution in [2.24, 2.45) is 0 Å². The summed E-state index contributed by atoms with van der Waals surface area (Å²) in [6.07, 6.45) is 1.17. The largest absolute Gasteiger partial charge is 0.297 e. The first kappa shape index (κ1) is 13.5. The lowest BCUT2D eigenvalue weighted by molar-refractivity contribution is 0.185. The van der Waals surface area contributed by atoms with Gasteiger partial charge in [-0.05, 0) is 18.5 Å². The van der Waals surface area contributed by atoms with Crippen molar-refractivity contribution in [3.05, 3.63) is 35.9 Å². The van der Waals surface area contributed by atoms with E-state index in [1.807, 2.05) is 0 Å². The Balaban J connectivity index is 1.84. The molecule has 0 amide bonds. The molecule has 0 aliphatic carbocycles. The van der Waals surface area contributed by atoms with Crippen LogP contribution in [-0.2, 0) is 6.54 Å². The zero-order valence-electron chi connectivity index (χ0n) is 11.2. The number of rotatable bonds is 6. The molecule has 100 valence electrons. The fraction of sp³-hybridized carbons (Fsp3) is 0.600. The van der Waals surface area contributed by atoms with Crippen LogP contribution in [0.3, 0.4) is 0 Å². The minimum absolute atomic E-state index is 0.233.